The van der Waals surface area contributed by atoms with E-state index >= 15 is 0 Å². The molecule has 4 aromatic rings. The van der Waals surface area contributed by atoms with Crippen LogP contribution in [0.2, 0.25) is 0 Å². The highest BCUT2D eigenvalue weighted by atomic mass is 16.5. The second-order valence-electron chi connectivity index (χ2n) is 7.20. The molecule has 156 valence electrons. The van der Waals surface area contributed by atoms with E-state index in [4.69, 9.17) is 4.74 Å². The Hall–Kier alpha value is -3.77. The van der Waals surface area contributed by atoms with E-state index in [0.717, 1.165) is 11.1 Å². The Morgan fingerprint density at radius 2 is 1.32 bits per heavy atom. The SMILES string of the molecule is CC(O)CCOc1ccc(-c2nc(-c3ccccc3)nc(-c3ccccc3)n2)c(O)c1. The highest BCUT2D eigenvalue weighted by Crippen LogP contribution is 2.32. The van der Waals surface area contributed by atoms with Gasteiger partial charge < -0.3 is 14.9 Å². The molecule has 0 fully saturated rings. The molecule has 31 heavy (non-hydrogen) atoms. The molecule has 6 nitrogen and oxygen atoms in total. The van der Waals surface area contributed by atoms with Gasteiger partial charge in [-0.2, -0.15) is 0 Å². The van der Waals surface area contributed by atoms with Crippen LogP contribution in [0.4, 0.5) is 0 Å². The van der Waals surface area contributed by atoms with E-state index in [9.17, 15) is 10.2 Å². The van der Waals surface area contributed by atoms with Crippen LogP contribution >= 0.6 is 0 Å². The van der Waals surface area contributed by atoms with Gasteiger partial charge in [0, 0.05) is 23.6 Å². The molecule has 1 heterocycles. The zero-order valence-corrected chi connectivity index (χ0v) is 17.1. The number of aromatic nitrogens is 3. The second-order valence-corrected chi connectivity index (χ2v) is 7.20. The number of hydrogen-bond donors (Lipinski definition) is 2. The van der Waals surface area contributed by atoms with Gasteiger partial charge >= 0.3 is 0 Å². The summed E-state index contributed by atoms with van der Waals surface area (Å²) in [5.41, 5.74) is 2.21. The molecule has 0 saturated heterocycles. The third-order valence-corrected chi connectivity index (χ3v) is 4.71. The zero-order valence-electron chi connectivity index (χ0n) is 17.1. The van der Waals surface area contributed by atoms with E-state index in [1.807, 2.05) is 60.7 Å². The lowest BCUT2D eigenvalue weighted by Crippen LogP contribution is -2.07. The maximum atomic E-state index is 10.6. The number of benzene rings is 3. The summed E-state index contributed by atoms with van der Waals surface area (Å²) in [6.07, 6.45) is 0.0718. The Labute approximate surface area is 180 Å². The summed E-state index contributed by atoms with van der Waals surface area (Å²) in [6, 6.07) is 24.4. The van der Waals surface area contributed by atoms with Crippen LogP contribution in [0.3, 0.4) is 0 Å². The summed E-state index contributed by atoms with van der Waals surface area (Å²) in [5.74, 6) is 1.96. The normalized spacial score (nSPS) is 11.8. The minimum absolute atomic E-state index is 0.0128. The van der Waals surface area contributed by atoms with Crippen LogP contribution in [0.25, 0.3) is 34.2 Å². The predicted octanol–water partition coefficient (Wildman–Crippen LogP) is 4.73. The number of hydrogen-bond acceptors (Lipinski definition) is 6. The van der Waals surface area contributed by atoms with Crippen molar-refractivity contribution >= 4 is 0 Å². The van der Waals surface area contributed by atoms with E-state index in [1.54, 1.807) is 19.1 Å². The first-order valence-electron chi connectivity index (χ1n) is 10.1. The molecule has 0 aliphatic rings. The molecule has 1 aromatic heterocycles. The van der Waals surface area contributed by atoms with Crippen LogP contribution in [-0.4, -0.2) is 37.9 Å². The van der Waals surface area contributed by atoms with Crippen molar-refractivity contribution in [2.75, 3.05) is 6.61 Å². The molecule has 0 aliphatic carbocycles. The topological polar surface area (TPSA) is 88.4 Å². The molecule has 3 aromatic carbocycles. The van der Waals surface area contributed by atoms with Crippen LogP contribution in [0.1, 0.15) is 13.3 Å². The highest BCUT2D eigenvalue weighted by Gasteiger charge is 2.15. The number of aliphatic hydroxyl groups is 1. The number of aliphatic hydroxyl groups excluding tert-OH is 1. The average molecular weight is 413 g/mol. The maximum Gasteiger partial charge on any atom is 0.167 e. The summed E-state index contributed by atoms with van der Waals surface area (Å²) in [5, 5.41) is 20.0. The first-order valence-corrected chi connectivity index (χ1v) is 10.1. The van der Waals surface area contributed by atoms with Crippen molar-refractivity contribution in [1.82, 2.24) is 15.0 Å². The Kier molecular flexibility index (Phi) is 6.19. The number of rotatable bonds is 7. The molecule has 0 spiro atoms. The minimum atomic E-state index is -0.439. The van der Waals surface area contributed by atoms with Crippen LogP contribution in [0.5, 0.6) is 11.5 Å². The maximum absolute atomic E-state index is 10.6. The summed E-state index contributed by atoms with van der Waals surface area (Å²) in [4.78, 5) is 13.9. The third kappa shape index (κ3) is 5.05. The molecular formula is C25H23N3O3. The fraction of sp³-hybridized carbons (Fsp3) is 0.160. The van der Waals surface area contributed by atoms with Crippen molar-refractivity contribution in [3.8, 4) is 45.7 Å². The van der Waals surface area contributed by atoms with Gasteiger partial charge in [0.2, 0.25) is 0 Å². The summed E-state index contributed by atoms with van der Waals surface area (Å²) in [6.45, 7) is 2.07. The summed E-state index contributed by atoms with van der Waals surface area (Å²) in [7, 11) is 0. The second kappa shape index (κ2) is 9.36. The van der Waals surface area contributed by atoms with Crippen molar-refractivity contribution in [2.24, 2.45) is 0 Å². The largest absolute Gasteiger partial charge is 0.507 e. The third-order valence-electron chi connectivity index (χ3n) is 4.71. The Morgan fingerprint density at radius 3 is 1.84 bits per heavy atom. The smallest absolute Gasteiger partial charge is 0.167 e. The lowest BCUT2D eigenvalue weighted by Gasteiger charge is -2.11. The number of aromatic hydroxyl groups is 1. The molecule has 0 bridgehead atoms. The molecule has 0 aliphatic heterocycles. The van der Waals surface area contributed by atoms with Crippen LogP contribution in [-0.2, 0) is 0 Å². The summed E-state index contributed by atoms with van der Waals surface area (Å²) >= 11 is 0. The molecule has 6 heteroatoms. The lowest BCUT2D eigenvalue weighted by atomic mass is 10.1. The van der Waals surface area contributed by atoms with Crippen molar-refractivity contribution < 1.29 is 14.9 Å². The molecule has 2 N–H and O–H groups in total. The van der Waals surface area contributed by atoms with Gasteiger partial charge in [-0.1, -0.05) is 60.7 Å². The average Bonchev–Trinajstić information content (AvgIpc) is 2.80. The van der Waals surface area contributed by atoms with E-state index < -0.39 is 6.10 Å². The molecule has 4 rings (SSSR count). The van der Waals surface area contributed by atoms with Gasteiger partial charge in [0.25, 0.3) is 0 Å². The first-order chi connectivity index (χ1) is 15.1. The van der Waals surface area contributed by atoms with Crippen LogP contribution in [0.15, 0.2) is 78.9 Å². The predicted molar refractivity (Wildman–Crippen MR) is 120 cm³/mol. The van der Waals surface area contributed by atoms with Gasteiger partial charge in [0.1, 0.15) is 11.5 Å². The zero-order chi connectivity index (χ0) is 21.6. The lowest BCUT2D eigenvalue weighted by molar-refractivity contribution is 0.155. The van der Waals surface area contributed by atoms with Gasteiger partial charge in [-0.05, 0) is 19.1 Å². The number of phenolic OH excluding ortho intramolecular Hbond substituents is 1. The van der Waals surface area contributed by atoms with Crippen molar-refractivity contribution in [3.63, 3.8) is 0 Å². The Balaban J connectivity index is 1.74. The van der Waals surface area contributed by atoms with Crippen LogP contribution < -0.4 is 4.74 Å². The van der Waals surface area contributed by atoms with Gasteiger partial charge in [-0.3, -0.25) is 0 Å². The standard InChI is InChI=1S/C25H23N3O3/c1-17(29)14-15-31-20-12-13-21(22(30)16-20)25-27-23(18-8-4-2-5-9-18)26-24(28-25)19-10-6-3-7-11-19/h2-13,16-17,29-30H,14-15H2,1H3. The quantitative estimate of drug-likeness (QED) is 0.455. The molecule has 1 atom stereocenters. The van der Waals surface area contributed by atoms with Crippen LogP contribution in [0, 0.1) is 0 Å². The van der Waals surface area contributed by atoms with Gasteiger partial charge in [0.05, 0.1) is 18.3 Å². The fourth-order valence-electron chi connectivity index (χ4n) is 3.07. The van der Waals surface area contributed by atoms with E-state index in [-0.39, 0.29) is 5.75 Å². The Bertz CT molecular complexity index is 1090. The molecule has 0 saturated carbocycles. The van der Waals surface area contributed by atoms with Gasteiger partial charge in [-0.25, -0.2) is 15.0 Å². The van der Waals surface area contributed by atoms with E-state index in [1.165, 1.54) is 6.07 Å². The highest BCUT2D eigenvalue weighted by molar-refractivity contribution is 5.70. The fourth-order valence-corrected chi connectivity index (χ4v) is 3.07. The molecule has 0 amide bonds. The number of phenols is 1. The minimum Gasteiger partial charge on any atom is -0.507 e. The van der Waals surface area contributed by atoms with Crippen molar-refractivity contribution in [2.45, 2.75) is 19.4 Å². The summed E-state index contributed by atoms with van der Waals surface area (Å²) < 4.78 is 5.60. The monoisotopic (exact) mass is 413 g/mol. The van der Waals surface area contributed by atoms with Gasteiger partial charge in [0.15, 0.2) is 17.5 Å². The van der Waals surface area contributed by atoms with Crippen molar-refractivity contribution in [3.05, 3.63) is 78.9 Å². The molecule has 1 unspecified atom stereocenters. The van der Waals surface area contributed by atoms with E-state index in [0.29, 0.717) is 41.8 Å². The first kappa shape index (κ1) is 20.5. The van der Waals surface area contributed by atoms with E-state index in [2.05, 4.69) is 15.0 Å². The van der Waals surface area contributed by atoms with Crippen molar-refractivity contribution in [1.29, 1.82) is 0 Å². The molecular weight excluding hydrogens is 390 g/mol. The number of ether oxygens (including phenoxy) is 1. The van der Waals surface area contributed by atoms with Gasteiger partial charge in [-0.15, -0.1) is 0 Å². The molecule has 0 radical (unpaired) electrons. The number of nitrogens with zero attached hydrogens (tertiary/aromatic N) is 3. The Morgan fingerprint density at radius 1 is 0.774 bits per heavy atom.